The van der Waals surface area contributed by atoms with Crippen molar-refractivity contribution in [2.24, 2.45) is 5.41 Å². The summed E-state index contributed by atoms with van der Waals surface area (Å²) in [4.78, 5) is 2.52. The first kappa shape index (κ1) is 36.2. The number of fused-ring (bicyclic) bond motifs is 10. The van der Waals surface area contributed by atoms with Gasteiger partial charge < -0.3 is 9.32 Å². The van der Waals surface area contributed by atoms with Gasteiger partial charge in [0.25, 0.3) is 0 Å². The zero-order valence-electron chi connectivity index (χ0n) is 36.1. The van der Waals surface area contributed by atoms with Crippen molar-refractivity contribution in [2.45, 2.75) is 90.9 Å². The summed E-state index contributed by atoms with van der Waals surface area (Å²) in [5.74, 6) is 0. The second kappa shape index (κ2) is 11.7. The molecule has 11 rings (SSSR count). The van der Waals surface area contributed by atoms with Gasteiger partial charge in [-0.15, -0.1) is 0 Å². The standard InChI is InChI=1S/C57H53NO/c1-53(2)44-20-14-11-17-37(44)39-26-24-35(30-47(39)53)58(36-25-27-41-40-19-13-16-22-51(40)59-52(41)31-36)50-33-48-43(38-18-12-15-21-45(38)54(48,3)4)32-42(50)34-23-28-46-49(29-34)56(7,8)57(9,10)55(46,5)6/h11-33H,1-10H3. The molecule has 8 aromatic rings. The van der Waals surface area contributed by atoms with Gasteiger partial charge in [0.05, 0.1) is 5.69 Å². The van der Waals surface area contributed by atoms with Crippen LogP contribution in [-0.4, -0.2) is 0 Å². The van der Waals surface area contributed by atoms with Gasteiger partial charge in [0.15, 0.2) is 0 Å². The summed E-state index contributed by atoms with van der Waals surface area (Å²) >= 11 is 0. The predicted molar refractivity (Wildman–Crippen MR) is 249 cm³/mol. The molecule has 2 heteroatoms. The summed E-state index contributed by atoms with van der Waals surface area (Å²) in [7, 11) is 0. The van der Waals surface area contributed by atoms with Crippen LogP contribution in [0.4, 0.5) is 17.1 Å². The van der Waals surface area contributed by atoms with Crippen LogP contribution >= 0.6 is 0 Å². The highest BCUT2D eigenvalue weighted by Crippen LogP contribution is 2.63. The van der Waals surface area contributed by atoms with Gasteiger partial charge in [-0.05, 0) is 120 Å². The Labute approximate surface area is 349 Å². The highest BCUT2D eigenvalue weighted by molar-refractivity contribution is 6.06. The first-order valence-corrected chi connectivity index (χ1v) is 21.4. The van der Waals surface area contributed by atoms with E-state index in [4.69, 9.17) is 4.42 Å². The van der Waals surface area contributed by atoms with Gasteiger partial charge in [-0.3, -0.25) is 0 Å². The molecule has 3 aliphatic carbocycles. The van der Waals surface area contributed by atoms with Crippen molar-refractivity contribution in [1.29, 1.82) is 0 Å². The Bertz CT molecular complexity index is 3090. The number of furan rings is 1. The van der Waals surface area contributed by atoms with Crippen LogP contribution < -0.4 is 4.90 Å². The third-order valence-electron chi connectivity index (χ3n) is 16.2. The molecule has 0 bridgehead atoms. The molecule has 1 aromatic heterocycles. The monoisotopic (exact) mass is 767 g/mol. The topological polar surface area (TPSA) is 16.4 Å². The molecule has 0 fully saturated rings. The zero-order chi connectivity index (χ0) is 41.0. The molecular weight excluding hydrogens is 715 g/mol. The van der Waals surface area contributed by atoms with Crippen LogP contribution in [0.5, 0.6) is 0 Å². The van der Waals surface area contributed by atoms with Gasteiger partial charge in [0, 0.05) is 44.6 Å². The van der Waals surface area contributed by atoms with Crippen molar-refractivity contribution >= 4 is 39.0 Å². The average molecular weight is 768 g/mol. The first-order valence-electron chi connectivity index (χ1n) is 21.4. The largest absolute Gasteiger partial charge is 0.456 e. The maximum atomic E-state index is 6.61. The van der Waals surface area contributed by atoms with E-state index >= 15 is 0 Å². The van der Waals surface area contributed by atoms with Gasteiger partial charge in [0.2, 0.25) is 0 Å². The Morgan fingerprint density at radius 1 is 0.373 bits per heavy atom. The van der Waals surface area contributed by atoms with Crippen LogP contribution in [0.2, 0.25) is 0 Å². The van der Waals surface area contributed by atoms with Crippen molar-refractivity contribution < 1.29 is 4.42 Å². The maximum Gasteiger partial charge on any atom is 0.137 e. The van der Waals surface area contributed by atoms with Crippen molar-refractivity contribution in [1.82, 2.24) is 0 Å². The Kier molecular flexibility index (Phi) is 7.16. The van der Waals surface area contributed by atoms with Crippen LogP contribution in [0, 0.1) is 5.41 Å². The molecule has 2 nitrogen and oxygen atoms in total. The smallest absolute Gasteiger partial charge is 0.137 e. The molecule has 3 aliphatic rings. The van der Waals surface area contributed by atoms with Gasteiger partial charge in [0.1, 0.15) is 11.2 Å². The number of rotatable bonds is 4. The summed E-state index contributed by atoms with van der Waals surface area (Å²) in [6.07, 6.45) is 0. The van der Waals surface area contributed by atoms with E-state index in [2.05, 4.69) is 214 Å². The second-order valence-corrected chi connectivity index (χ2v) is 20.2. The lowest BCUT2D eigenvalue weighted by Crippen LogP contribution is -2.42. The number of hydrogen-bond donors (Lipinski definition) is 0. The second-order valence-electron chi connectivity index (χ2n) is 20.2. The lowest BCUT2D eigenvalue weighted by atomic mass is 9.59. The Morgan fingerprint density at radius 3 is 1.66 bits per heavy atom. The summed E-state index contributed by atoms with van der Waals surface area (Å²) in [6.45, 7) is 24.2. The lowest BCUT2D eigenvalue weighted by Gasteiger charge is -2.44. The minimum absolute atomic E-state index is 0.0247. The van der Waals surface area contributed by atoms with E-state index in [0.717, 1.165) is 33.3 Å². The Morgan fingerprint density at radius 2 is 0.932 bits per heavy atom. The van der Waals surface area contributed by atoms with E-state index in [9.17, 15) is 0 Å². The molecule has 59 heavy (non-hydrogen) atoms. The molecule has 0 saturated carbocycles. The van der Waals surface area contributed by atoms with Gasteiger partial charge in [-0.2, -0.15) is 0 Å². The fourth-order valence-electron chi connectivity index (χ4n) is 11.5. The number of para-hydroxylation sites is 1. The maximum absolute atomic E-state index is 6.61. The molecule has 0 radical (unpaired) electrons. The van der Waals surface area contributed by atoms with E-state index < -0.39 is 0 Å². The van der Waals surface area contributed by atoms with Crippen LogP contribution in [-0.2, 0) is 21.7 Å². The molecule has 0 amide bonds. The lowest BCUT2D eigenvalue weighted by molar-refractivity contribution is 0.125. The number of anilines is 3. The summed E-state index contributed by atoms with van der Waals surface area (Å²) < 4.78 is 6.61. The van der Waals surface area contributed by atoms with Gasteiger partial charge in [-0.25, -0.2) is 0 Å². The van der Waals surface area contributed by atoms with E-state index in [1.807, 2.05) is 0 Å². The highest BCUT2D eigenvalue weighted by atomic mass is 16.3. The number of benzene rings is 7. The van der Waals surface area contributed by atoms with Gasteiger partial charge in [-0.1, -0.05) is 160 Å². The molecule has 7 aromatic carbocycles. The van der Waals surface area contributed by atoms with E-state index in [1.165, 1.54) is 72.4 Å². The average Bonchev–Trinajstić information content (AvgIpc) is 3.82. The van der Waals surface area contributed by atoms with Crippen molar-refractivity contribution in [3.05, 3.63) is 173 Å². The molecule has 0 N–H and O–H groups in total. The Balaban J connectivity index is 1.22. The number of nitrogens with zero attached hydrogens (tertiary/aromatic N) is 1. The summed E-state index contributed by atoms with van der Waals surface area (Å²) in [5, 5.41) is 2.27. The normalized spacial score (nSPS) is 18.0. The quantitative estimate of drug-likeness (QED) is 0.177. The molecule has 0 spiro atoms. The summed E-state index contributed by atoms with van der Waals surface area (Å²) in [6, 6.07) is 52.7. The van der Waals surface area contributed by atoms with Crippen LogP contribution in [0.3, 0.4) is 0 Å². The third-order valence-corrected chi connectivity index (χ3v) is 16.2. The zero-order valence-corrected chi connectivity index (χ0v) is 36.1. The molecule has 0 aliphatic heterocycles. The van der Waals surface area contributed by atoms with Crippen LogP contribution in [0.15, 0.2) is 144 Å². The van der Waals surface area contributed by atoms with E-state index in [-0.39, 0.29) is 27.1 Å². The van der Waals surface area contributed by atoms with Gasteiger partial charge >= 0.3 is 0 Å². The fourth-order valence-corrected chi connectivity index (χ4v) is 11.5. The fraction of sp³-hybridized carbons (Fsp3) is 0.263. The van der Waals surface area contributed by atoms with E-state index in [0.29, 0.717) is 0 Å². The van der Waals surface area contributed by atoms with E-state index in [1.54, 1.807) is 0 Å². The van der Waals surface area contributed by atoms with Crippen molar-refractivity contribution in [3.63, 3.8) is 0 Å². The molecule has 1 heterocycles. The minimum atomic E-state index is -0.177. The Hall–Kier alpha value is -5.86. The molecule has 0 unspecified atom stereocenters. The van der Waals surface area contributed by atoms with Crippen LogP contribution in [0.25, 0.3) is 55.3 Å². The molecule has 0 atom stereocenters. The molecule has 0 saturated heterocycles. The third kappa shape index (κ3) is 4.64. The summed E-state index contributed by atoms with van der Waals surface area (Å²) in [5.41, 5.74) is 21.1. The first-order chi connectivity index (χ1) is 28.0. The van der Waals surface area contributed by atoms with Crippen LogP contribution in [0.1, 0.15) is 103 Å². The SMILES string of the molecule is CC1(C)c2ccccc2-c2ccc(N(c3ccc4c(c3)oc3ccccc34)c3cc4c(cc3-c3ccc5c(c3)C(C)(C)C(C)(C)C5(C)C)-c3ccccc3C4(C)C)cc21. The molecular formula is C57H53NO. The predicted octanol–water partition coefficient (Wildman–Crippen LogP) is 15.9. The molecule has 292 valence electrons. The number of hydrogen-bond acceptors (Lipinski definition) is 2. The minimum Gasteiger partial charge on any atom is -0.456 e. The van der Waals surface area contributed by atoms with Crippen molar-refractivity contribution in [2.75, 3.05) is 4.90 Å². The van der Waals surface area contributed by atoms with Crippen molar-refractivity contribution in [3.8, 4) is 33.4 Å². The highest BCUT2D eigenvalue weighted by Gasteiger charge is 2.56.